The number of fused-ring (bicyclic) bond motifs is 2. The quantitative estimate of drug-likeness (QED) is 0.00804. The summed E-state index contributed by atoms with van der Waals surface area (Å²) < 4.78 is 21.1. The van der Waals surface area contributed by atoms with Crippen LogP contribution in [0, 0.1) is 11.8 Å². The Kier molecular flexibility index (Phi) is 29.2. The molecule has 0 unspecified atom stereocenters. The van der Waals surface area contributed by atoms with E-state index in [1.165, 1.54) is 12.0 Å². The third-order valence-corrected chi connectivity index (χ3v) is 25.0. The van der Waals surface area contributed by atoms with E-state index in [0.717, 1.165) is 117 Å². The summed E-state index contributed by atoms with van der Waals surface area (Å²) in [7, 11) is 3.19. The van der Waals surface area contributed by atoms with Crippen molar-refractivity contribution in [2.45, 2.75) is 117 Å². The molecule has 0 radical (unpaired) electrons. The highest BCUT2D eigenvalue weighted by Crippen LogP contribution is 2.46. The number of nitrogens with one attached hydrogen (secondary N) is 8. The number of likely N-dealkylation sites (tertiary alicyclic amines) is 1. The largest absolute Gasteiger partial charge is 0.495 e. The number of urea groups is 1. The summed E-state index contributed by atoms with van der Waals surface area (Å²) in [6, 6.07) is 48.4. The third kappa shape index (κ3) is 22.2. The van der Waals surface area contributed by atoms with Crippen LogP contribution in [0.25, 0.3) is 32.9 Å². The average Bonchev–Trinajstić information content (AvgIpc) is 1.12. The number of benzene rings is 6. The lowest BCUT2D eigenvalue weighted by Gasteiger charge is -2.45. The maximum atomic E-state index is 14.1. The highest BCUT2D eigenvalue weighted by Gasteiger charge is 2.46. The predicted octanol–water partition coefficient (Wildman–Crippen LogP) is 7.19. The molecule has 11 amide bonds. The summed E-state index contributed by atoms with van der Waals surface area (Å²) in [5, 5.41) is 29.6. The summed E-state index contributed by atoms with van der Waals surface area (Å²) in [6.07, 6.45) is 7.31. The Morgan fingerprint density at radius 2 is 1.31 bits per heavy atom. The molecule has 34 heteroatoms. The van der Waals surface area contributed by atoms with Crippen molar-refractivity contribution in [3.8, 4) is 28.7 Å². The van der Waals surface area contributed by atoms with Gasteiger partial charge in [-0.2, -0.15) is 0 Å². The van der Waals surface area contributed by atoms with Crippen LogP contribution in [-0.2, 0) is 76.5 Å². The maximum absolute atomic E-state index is 14.1. The molecule has 0 spiro atoms. The molecular weight excluding hydrogens is 1650 g/mol. The number of aliphatic carboxylic acids is 1. The van der Waals surface area contributed by atoms with Crippen molar-refractivity contribution < 1.29 is 72.1 Å². The maximum Gasteiger partial charge on any atom is 0.332 e. The van der Waals surface area contributed by atoms with E-state index in [-0.39, 0.29) is 85.2 Å². The smallest absolute Gasteiger partial charge is 0.332 e. The Balaban J connectivity index is 0.601. The van der Waals surface area contributed by atoms with Crippen molar-refractivity contribution >= 4 is 122 Å². The summed E-state index contributed by atoms with van der Waals surface area (Å²) in [4.78, 5) is 183. The highest BCUT2D eigenvalue weighted by molar-refractivity contribution is 8.08. The first-order valence-corrected chi connectivity index (χ1v) is 43.4. The molecule has 2 atom stereocenters. The van der Waals surface area contributed by atoms with Gasteiger partial charge >= 0.3 is 12.0 Å². The number of methoxy groups -OCH3 is 1. The van der Waals surface area contributed by atoms with Crippen LogP contribution < -0.4 is 57.3 Å². The summed E-state index contributed by atoms with van der Waals surface area (Å²) in [5.41, 5.74) is 3.83. The molecule has 126 heavy (non-hydrogen) atoms. The van der Waals surface area contributed by atoms with E-state index in [1.54, 1.807) is 66.3 Å². The molecule has 6 aromatic carbocycles. The van der Waals surface area contributed by atoms with Crippen LogP contribution in [0.15, 0.2) is 201 Å². The molecule has 4 aliphatic heterocycles. The molecule has 32 nitrogen and oxygen atoms in total. The van der Waals surface area contributed by atoms with Gasteiger partial charge in [-0.3, -0.25) is 62.5 Å². The van der Waals surface area contributed by atoms with E-state index in [4.69, 9.17) is 29.3 Å². The fourth-order valence-corrected chi connectivity index (χ4v) is 17.7. The normalized spacial score (nSPS) is 16.2. The molecular formula is C92H98N16O16S2. The van der Waals surface area contributed by atoms with Gasteiger partial charge in [0.1, 0.15) is 30.7 Å². The number of aromatic amines is 1. The Hall–Kier alpha value is -13.0. The van der Waals surface area contributed by atoms with Crippen LogP contribution in [0.1, 0.15) is 93.5 Å². The van der Waals surface area contributed by atoms with Gasteiger partial charge in [-0.25, -0.2) is 19.7 Å². The minimum absolute atomic E-state index is 0.0128. The molecule has 1 aliphatic carbocycles. The minimum Gasteiger partial charge on any atom is -0.495 e. The molecule has 3 aromatic heterocycles. The molecule has 654 valence electrons. The van der Waals surface area contributed by atoms with Crippen molar-refractivity contribution in [2.24, 2.45) is 7.05 Å². The monoisotopic (exact) mass is 1750 g/mol. The molecule has 3 saturated heterocycles. The average molecular weight is 1750 g/mol. The molecule has 14 rings (SSSR count). The van der Waals surface area contributed by atoms with Crippen molar-refractivity contribution in [2.75, 3.05) is 102 Å². The number of nitrogens with zero attached hydrogens (tertiary/aromatic N) is 8. The predicted molar refractivity (Wildman–Crippen MR) is 473 cm³/mol. The van der Waals surface area contributed by atoms with Gasteiger partial charge in [0.25, 0.3) is 17.4 Å². The number of H-pyrrole nitrogens is 1. The van der Waals surface area contributed by atoms with Crippen molar-refractivity contribution in [1.29, 1.82) is 0 Å². The van der Waals surface area contributed by atoms with E-state index in [0.29, 0.717) is 70.3 Å². The van der Waals surface area contributed by atoms with E-state index >= 15 is 0 Å². The van der Waals surface area contributed by atoms with Gasteiger partial charge in [0.05, 0.1) is 79.1 Å². The molecule has 7 heterocycles. The Morgan fingerprint density at radius 3 is 1.98 bits per heavy atom. The third-order valence-electron chi connectivity index (χ3n) is 22.7. The number of rotatable bonds is 37. The Bertz CT molecular complexity index is 5670. The molecule has 9 N–H and O–H groups in total. The first-order valence-electron chi connectivity index (χ1n) is 41.8. The number of piperidine rings is 2. The number of imide groups is 2. The van der Waals surface area contributed by atoms with Crippen molar-refractivity contribution in [3.05, 3.63) is 219 Å². The first-order chi connectivity index (χ1) is 61.0. The number of aromatic nitrogens is 4. The molecule has 1 saturated carbocycles. The van der Waals surface area contributed by atoms with Gasteiger partial charge in [-0.1, -0.05) is 138 Å². The second-order valence-electron chi connectivity index (χ2n) is 31.5. The van der Waals surface area contributed by atoms with Gasteiger partial charge in [-0.05, 0) is 123 Å². The highest BCUT2D eigenvalue weighted by atomic mass is 32.2. The number of carboxylic acid groups (broad SMARTS) is 1. The SMILES string of the molecule is COc1ccc(C#CCNC2(C)CCN(C3CCN(c4nc([C@@](COCNC(=O)CNC(=O)[C@H](Cc5ccccc5)NC(=O)CNC(=O)CNC(=O)CCN5C(=O)C(Sc6ccccc6)=C(Sc6ccccc6)C5=O)(OC5CC5)c5ccccc5)c5cc(-c6cn(C)c(=O)c7[nH]ccc67)ccc5n4)CC3)CC2)cc1N1CCC(=O)N(CNC(=O)CCC(=O)O)C1=O. The van der Waals surface area contributed by atoms with Crippen LogP contribution in [-0.4, -0.2) is 221 Å². The summed E-state index contributed by atoms with van der Waals surface area (Å²) in [5.74, 6) is 0.641. The van der Waals surface area contributed by atoms with Gasteiger partial charge in [-0.15, -0.1) is 0 Å². The van der Waals surface area contributed by atoms with Crippen molar-refractivity contribution in [3.63, 3.8) is 0 Å². The van der Waals surface area contributed by atoms with E-state index < -0.39 is 110 Å². The number of carboxylic acids is 1. The number of amides is 11. The number of aryl methyl sites for hydroxylation is 1. The van der Waals surface area contributed by atoms with Gasteiger partial charge in [0.15, 0.2) is 5.60 Å². The van der Waals surface area contributed by atoms with Gasteiger partial charge in [0.2, 0.25) is 47.3 Å². The zero-order chi connectivity index (χ0) is 88.4. The Labute approximate surface area is 735 Å². The first kappa shape index (κ1) is 89.2. The fourth-order valence-electron chi connectivity index (χ4n) is 15.6. The van der Waals surface area contributed by atoms with Crippen LogP contribution >= 0.6 is 23.5 Å². The van der Waals surface area contributed by atoms with E-state index in [2.05, 4.69) is 70.8 Å². The number of pyridine rings is 1. The lowest BCUT2D eigenvalue weighted by Crippen LogP contribution is -2.55. The van der Waals surface area contributed by atoms with Crippen LogP contribution in [0.2, 0.25) is 0 Å². The number of ether oxygens (including phenoxy) is 3. The molecule has 9 aromatic rings. The number of carbonyl (C=O) groups excluding carboxylic acids is 10. The standard InChI is InChI=1S/C92H98N16O16S2/c1-91(99-41-16-19-60-26-31-73(122-3)72(50-60)106-46-38-79(114)108(90(106)121)57-97-74(109)32-33-80(115)116)39-47-104(48-40-91)63-35-43-105(44-36-63)89-101-70-30-27-61(69-55-103(2)86(118)81-67(69)34-42-93-81)51-68(70)84(102-89)92(124-64-28-29-64,62-20-10-5-11-21-62)56-123-58-98-77(112)53-96-85(117)71(49-59-17-8-4-9-18-59)100-78(113)54-95-76(111)52-94-75(110)37-45-107-87(119)82(125-65-22-12-6-13-23-65)83(88(107)120)126-66-24-14-7-15-25-66/h4-15,17-18,20-27,30-31,34,42,50-51,55,63-64,71,93,99H,28-29,32-33,35-41,43-49,52-54,56-58H2,1-3H3,(H,94,110)(H,95,111)(H,96,117)(H,97,109)(H,98,112)(H,100,113)(H,115,116)/t71-,92-/m0/s1. The zero-order valence-electron chi connectivity index (χ0n) is 69.9. The number of hydrogen-bond donors (Lipinski definition) is 9. The topological polar surface area (TPSA) is 400 Å². The number of hydrogen-bond acceptors (Lipinski definition) is 22. The number of anilines is 2. The van der Waals surface area contributed by atoms with E-state index in [9.17, 15) is 57.5 Å². The molecule has 0 bridgehead atoms. The second kappa shape index (κ2) is 41.2. The zero-order valence-corrected chi connectivity index (χ0v) is 71.5. The fraction of sp³-hybridized carbons (Fsp3) is 0.348. The number of thioether (sulfide) groups is 2. The summed E-state index contributed by atoms with van der Waals surface area (Å²) >= 11 is 2.33. The lowest BCUT2D eigenvalue weighted by atomic mass is 9.87. The van der Waals surface area contributed by atoms with Crippen LogP contribution in [0.4, 0.5) is 16.4 Å². The van der Waals surface area contributed by atoms with Gasteiger partial charge in [0, 0.05) is 128 Å². The summed E-state index contributed by atoms with van der Waals surface area (Å²) in [6.45, 7) is 2.89. The lowest BCUT2D eigenvalue weighted by molar-refractivity contribution is -0.139. The van der Waals surface area contributed by atoms with Crippen LogP contribution in [0.3, 0.4) is 0 Å². The van der Waals surface area contributed by atoms with Crippen molar-refractivity contribution in [1.82, 2.24) is 71.4 Å². The molecule has 4 fully saturated rings. The Morgan fingerprint density at radius 1 is 0.667 bits per heavy atom. The minimum atomic E-state index is -1.42. The second-order valence-corrected chi connectivity index (χ2v) is 33.7. The van der Waals surface area contributed by atoms with E-state index in [1.807, 2.05) is 121 Å². The number of carbonyl (C=O) groups is 11. The van der Waals surface area contributed by atoms with Gasteiger partial charge < -0.3 is 75.9 Å². The van der Waals surface area contributed by atoms with Crippen LogP contribution in [0.5, 0.6) is 5.75 Å². The molecule has 5 aliphatic rings.